The molecule has 1 nitrogen and oxygen atoms in total. The number of rotatable bonds is 1. The first-order valence-electron chi connectivity index (χ1n) is 2.82. The fourth-order valence-electron chi connectivity index (χ4n) is 0.626. The van der Waals surface area contributed by atoms with Gasteiger partial charge in [-0.25, -0.2) is 0 Å². The monoisotopic (exact) mass is 186 g/mol. The molecular weight excluding hydrogens is 183 g/mol. The van der Waals surface area contributed by atoms with Gasteiger partial charge in [0, 0.05) is 0 Å². The van der Waals surface area contributed by atoms with Gasteiger partial charge in [0.15, 0.2) is 5.75 Å². The van der Waals surface area contributed by atoms with Crippen molar-refractivity contribution < 1.29 is 4.74 Å². The van der Waals surface area contributed by atoms with Gasteiger partial charge in [-0.2, -0.15) is 0 Å². The summed E-state index contributed by atoms with van der Waals surface area (Å²) in [6.07, 6.45) is 6.91. The Balaban J connectivity index is 3.08. The first-order chi connectivity index (χ1) is 5.25. The van der Waals surface area contributed by atoms with E-state index in [1.807, 2.05) is 6.11 Å². The van der Waals surface area contributed by atoms with Crippen LogP contribution >= 0.6 is 23.2 Å². The number of halogens is 2. The third-order valence-electron chi connectivity index (χ3n) is 1.09. The molecule has 11 heavy (non-hydrogen) atoms. The zero-order valence-electron chi connectivity index (χ0n) is 5.47. The van der Waals surface area contributed by atoms with Crippen LogP contribution in [0.4, 0.5) is 0 Å². The van der Waals surface area contributed by atoms with Gasteiger partial charge in [-0.05, 0) is 12.1 Å². The van der Waals surface area contributed by atoms with Gasteiger partial charge in [-0.15, -0.1) is 0 Å². The Kier molecular flexibility index (Phi) is 2.64. The molecule has 0 aliphatic carbocycles. The van der Waals surface area contributed by atoms with Crippen LogP contribution in [0.25, 0.3) is 0 Å². The van der Waals surface area contributed by atoms with Crippen molar-refractivity contribution in [3.05, 3.63) is 28.2 Å². The average molecular weight is 187 g/mol. The molecule has 1 aromatic rings. The highest BCUT2D eigenvalue weighted by molar-refractivity contribution is 6.42. The van der Waals surface area contributed by atoms with Crippen molar-refractivity contribution >= 4 is 23.2 Å². The lowest BCUT2D eigenvalue weighted by atomic mass is 10.3. The van der Waals surface area contributed by atoms with E-state index in [9.17, 15) is 0 Å². The molecular formula is C8H4Cl2O. The summed E-state index contributed by atoms with van der Waals surface area (Å²) in [6.45, 7) is 0. The molecule has 1 rings (SSSR count). The van der Waals surface area contributed by atoms with Crippen molar-refractivity contribution in [1.29, 1.82) is 0 Å². The van der Waals surface area contributed by atoms with E-state index in [1.165, 1.54) is 0 Å². The van der Waals surface area contributed by atoms with E-state index < -0.39 is 0 Å². The minimum absolute atomic E-state index is 0.340. The van der Waals surface area contributed by atoms with Crippen molar-refractivity contribution in [1.82, 2.24) is 0 Å². The summed E-state index contributed by atoms with van der Waals surface area (Å²) in [5.74, 6) is 0.404. The summed E-state index contributed by atoms with van der Waals surface area (Å²) in [5, 5.41) is 0.770. The first-order valence-corrected chi connectivity index (χ1v) is 3.57. The first kappa shape index (κ1) is 8.26. The molecule has 56 valence electrons. The van der Waals surface area contributed by atoms with Crippen LogP contribution in [-0.2, 0) is 0 Å². The van der Waals surface area contributed by atoms with Crippen LogP contribution < -0.4 is 4.74 Å². The number of hydrogen-bond acceptors (Lipinski definition) is 1. The molecule has 0 N–H and O–H groups in total. The summed E-state index contributed by atoms with van der Waals surface area (Å²) in [5.41, 5.74) is 0. The molecule has 0 unspecified atom stereocenters. The Morgan fingerprint density at radius 3 is 2.73 bits per heavy atom. The molecule has 0 spiro atoms. The van der Waals surface area contributed by atoms with Gasteiger partial charge in [0.05, 0.1) is 5.02 Å². The number of hydrogen-bond donors (Lipinski definition) is 0. The molecule has 3 heteroatoms. The van der Waals surface area contributed by atoms with E-state index in [1.54, 1.807) is 18.2 Å². The lowest BCUT2D eigenvalue weighted by Gasteiger charge is -2.00. The van der Waals surface area contributed by atoms with Gasteiger partial charge in [0.25, 0.3) is 0 Å². The van der Waals surface area contributed by atoms with Gasteiger partial charge in [-0.1, -0.05) is 35.7 Å². The Morgan fingerprint density at radius 2 is 2.09 bits per heavy atom. The fourth-order valence-corrected chi connectivity index (χ4v) is 0.957. The van der Waals surface area contributed by atoms with E-state index in [-0.39, 0.29) is 0 Å². The summed E-state index contributed by atoms with van der Waals surface area (Å²) in [4.78, 5) is 0. The third-order valence-corrected chi connectivity index (χ3v) is 1.89. The minimum Gasteiger partial charge on any atom is -0.406 e. The van der Waals surface area contributed by atoms with Crippen LogP contribution in [0.15, 0.2) is 18.2 Å². The molecule has 0 radical (unpaired) electrons. The maximum Gasteiger partial charge on any atom is 0.160 e. The summed E-state index contributed by atoms with van der Waals surface area (Å²) < 4.78 is 4.73. The molecule has 0 atom stereocenters. The second-order valence-corrected chi connectivity index (χ2v) is 2.56. The van der Waals surface area contributed by atoms with Gasteiger partial charge >= 0.3 is 0 Å². The second-order valence-electron chi connectivity index (χ2n) is 1.77. The molecule has 0 fully saturated rings. The van der Waals surface area contributed by atoms with Crippen molar-refractivity contribution in [2.75, 3.05) is 0 Å². The molecule has 0 heterocycles. The van der Waals surface area contributed by atoms with Crippen molar-refractivity contribution in [2.45, 2.75) is 0 Å². The van der Waals surface area contributed by atoms with Crippen LogP contribution in [-0.4, -0.2) is 0 Å². The van der Waals surface area contributed by atoms with Crippen molar-refractivity contribution in [2.24, 2.45) is 0 Å². The zero-order valence-corrected chi connectivity index (χ0v) is 6.99. The largest absolute Gasteiger partial charge is 0.406 e. The Bertz CT molecular complexity index is 301. The van der Waals surface area contributed by atoms with Gasteiger partial charge in [0.1, 0.15) is 11.1 Å². The smallest absolute Gasteiger partial charge is 0.160 e. The Morgan fingerprint density at radius 1 is 1.36 bits per heavy atom. The summed E-state index contributed by atoms with van der Waals surface area (Å²) in [7, 11) is 0. The number of terminal acetylenes is 1. The van der Waals surface area contributed by atoms with Crippen LogP contribution in [0.1, 0.15) is 0 Å². The molecule has 0 aliphatic rings. The minimum atomic E-state index is 0.340. The molecule has 0 saturated carbocycles. The van der Waals surface area contributed by atoms with Crippen LogP contribution in [0, 0.1) is 12.5 Å². The Hall–Kier alpha value is -0.840. The topological polar surface area (TPSA) is 9.23 Å². The number of ether oxygens (including phenoxy) is 1. The van der Waals surface area contributed by atoms with E-state index in [4.69, 9.17) is 34.4 Å². The quantitative estimate of drug-likeness (QED) is 0.614. The summed E-state index contributed by atoms with van der Waals surface area (Å²) >= 11 is 11.4. The zero-order chi connectivity index (χ0) is 8.27. The average Bonchev–Trinajstić information content (AvgIpc) is 1.99. The molecule has 0 bridgehead atoms. The molecule has 0 amide bonds. The molecule has 1 aromatic carbocycles. The maximum atomic E-state index is 5.72. The SMILES string of the molecule is C#COc1cccc(Cl)c1Cl. The second kappa shape index (κ2) is 3.52. The van der Waals surface area contributed by atoms with Crippen LogP contribution in [0.2, 0.25) is 10.0 Å². The predicted octanol–water partition coefficient (Wildman–Crippen LogP) is 2.96. The predicted molar refractivity (Wildman–Crippen MR) is 45.9 cm³/mol. The molecule has 0 aliphatic heterocycles. The van der Waals surface area contributed by atoms with Crippen molar-refractivity contribution in [3.63, 3.8) is 0 Å². The van der Waals surface area contributed by atoms with Gasteiger partial charge in [-0.3, -0.25) is 0 Å². The van der Waals surface area contributed by atoms with Gasteiger partial charge in [0.2, 0.25) is 0 Å². The van der Waals surface area contributed by atoms with Crippen LogP contribution in [0.5, 0.6) is 5.75 Å². The Labute approximate surface area is 74.9 Å². The lowest BCUT2D eigenvalue weighted by molar-refractivity contribution is 0.521. The van der Waals surface area contributed by atoms with E-state index >= 15 is 0 Å². The lowest BCUT2D eigenvalue weighted by Crippen LogP contribution is -1.82. The van der Waals surface area contributed by atoms with E-state index in [0.717, 1.165) is 0 Å². The number of benzene rings is 1. The molecule has 0 saturated heterocycles. The van der Waals surface area contributed by atoms with Crippen molar-refractivity contribution in [3.8, 4) is 18.3 Å². The van der Waals surface area contributed by atoms with E-state index in [0.29, 0.717) is 15.8 Å². The highest BCUT2D eigenvalue weighted by Gasteiger charge is 2.03. The van der Waals surface area contributed by atoms with Gasteiger partial charge < -0.3 is 4.74 Å². The third kappa shape index (κ3) is 1.80. The highest BCUT2D eigenvalue weighted by atomic mass is 35.5. The normalized spacial score (nSPS) is 8.82. The fraction of sp³-hybridized carbons (Fsp3) is 0. The summed E-state index contributed by atoms with van der Waals surface area (Å²) in [6, 6.07) is 5.02. The van der Waals surface area contributed by atoms with E-state index in [2.05, 4.69) is 0 Å². The highest BCUT2D eigenvalue weighted by Crippen LogP contribution is 2.30. The molecule has 0 aromatic heterocycles. The maximum absolute atomic E-state index is 5.72. The standard InChI is InChI=1S/C8H4Cl2O/c1-2-11-7-5-3-4-6(9)8(7)10/h1,3-5H. The van der Waals surface area contributed by atoms with Crippen LogP contribution in [0.3, 0.4) is 0 Å².